The number of carbonyl (C=O) groups excluding carboxylic acids is 1. The van der Waals surface area contributed by atoms with Gasteiger partial charge in [-0.05, 0) is 60.9 Å². The molecule has 1 aromatic heterocycles. The van der Waals surface area contributed by atoms with E-state index in [0.717, 1.165) is 33.3 Å². The van der Waals surface area contributed by atoms with Crippen LogP contribution in [-0.2, 0) is 6.54 Å². The molecule has 0 spiro atoms. The maximum atomic E-state index is 12.8. The molecule has 1 N–H and O–H groups in total. The van der Waals surface area contributed by atoms with Crippen LogP contribution in [0.3, 0.4) is 0 Å². The summed E-state index contributed by atoms with van der Waals surface area (Å²) in [6.07, 6.45) is 1.82. The molecule has 0 fully saturated rings. The lowest BCUT2D eigenvalue weighted by molar-refractivity contribution is 0.102. The average molecular weight is 390 g/mol. The first kappa shape index (κ1) is 18.3. The smallest absolute Gasteiger partial charge is 0.255 e. The number of aryl methyl sites for hydroxylation is 2. The van der Waals surface area contributed by atoms with E-state index in [-0.39, 0.29) is 5.91 Å². The third-order valence-electron chi connectivity index (χ3n) is 4.79. The van der Waals surface area contributed by atoms with Crippen molar-refractivity contribution < 1.29 is 4.79 Å². The molecule has 0 aliphatic rings. The second-order valence-corrected chi connectivity index (χ2v) is 7.41. The molecule has 4 aromatic rings. The summed E-state index contributed by atoms with van der Waals surface area (Å²) in [6.45, 7) is 4.61. The topological polar surface area (TPSA) is 46.9 Å². The van der Waals surface area contributed by atoms with Gasteiger partial charge in [0.2, 0.25) is 0 Å². The van der Waals surface area contributed by atoms with Gasteiger partial charge in [-0.15, -0.1) is 0 Å². The van der Waals surface area contributed by atoms with Crippen LogP contribution in [0.15, 0.2) is 66.9 Å². The number of hydrogen-bond donors (Lipinski definition) is 1. The normalized spacial score (nSPS) is 11.0. The molecule has 5 heteroatoms. The van der Waals surface area contributed by atoms with Crippen LogP contribution >= 0.6 is 11.6 Å². The van der Waals surface area contributed by atoms with Crippen molar-refractivity contribution in [1.82, 2.24) is 9.78 Å². The molecule has 140 valence electrons. The second kappa shape index (κ2) is 7.49. The van der Waals surface area contributed by atoms with Crippen molar-refractivity contribution in [3.8, 4) is 0 Å². The lowest BCUT2D eigenvalue weighted by Crippen LogP contribution is -2.13. The fourth-order valence-corrected chi connectivity index (χ4v) is 3.29. The largest absolute Gasteiger partial charge is 0.322 e. The minimum absolute atomic E-state index is 0.130. The highest BCUT2D eigenvalue weighted by atomic mass is 35.5. The molecule has 1 amide bonds. The van der Waals surface area contributed by atoms with E-state index in [1.165, 1.54) is 0 Å². The summed E-state index contributed by atoms with van der Waals surface area (Å²) in [4.78, 5) is 12.8. The Balaban J connectivity index is 1.62. The van der Waals surface area contributed by atoms with Gasteiger partial charge in [-0.3, -0.25) is 9.48 Å². The van der Waals surface area contributed by atoms with Crippen LogP contribution in [0, 0.1) is 13.8 Å². The molecule has 0 atom stereocenters. The van der Waals surface area contributed by atoms with Gasteiger partial charge in [0.25, 0.3) is 5.91 Å². The molecule has 4 nitrogen and oxygen atoms in total. The van der Waals surface area contributed by atoms with Gasteiger partial charge >= 0.3 is 0 Å². The van der Waals surface area contributed by atoms with Gasteiger partial charge in [0.05, 0.1) is 18.3 Å². The molecule has 0 unspecified atom stereocenters. The highest BCUT2D eigenvalue weighted by Gasteiger charge is 2.11. The highest BCUT2D eigenvalue weighted by Crippen LogP contribution is 2.21. The summed E-state index contributed by atoms with van der Waals surface area (Å²) in [7, 11) is 0. The molecule has 1 heterocycles. The number of hydrogen-bond acceptors (Lipinski definition) is 2. The number of anilines is 1. The predicted octanol–water partition coefficient (Wildman–Crippen LogP) is 5.61. The molecule has 0 saturated carbocycles. The van der Waals surface area contributed by atoms with E-state index in [2.05, 4.69) is 10.4 Å². The minimum atomic E-state index is -0.130. The van der Waals surface area contributed by atoms with Gasteiger partial charge in [0.15, 0.2) is 0 Å². The molecule has 3 aromatic carbocycles. The SMILES string of the molecule is Cc1ccc(C)c(NC(=O)c2ccc3cnn(Cc4ccc(Cl)cc4)c3c2)c1. The lowest BCUT2D eigenvalue weighted by Gasteiger charge is -2.10. The Bertz CT molecular complexity index is 1160. The molecule has 4 rings (SSSR count). The average Bonchev–Trinajstić information content (AvgIpc) is 3.08. The third-order valence-corrected chi connectivity index (χ3v) is 5.05. The molecule has 0 radical (unpaired) electrons. The van der Waals surface area contributed by atoms with E-state index in [1.807, 2.05) is 85.4 Å². The summed E-state index contributed by atoms with van der Waals surface area (Å²) in [6, 6.07) is 19.4. The standard InChI is InChI=1S/C23H20ClN3O/c1-15-3-4-16(2)21(11-15)26-23(28)18-7-8-19-13-25-27(22(19)12-18)14-17-5-9-20(24)10-6-17/h3-13H,14H2,1-2H3,(H,26,28). The quantitative estimate of drug-likeness (QED) is 0.493. The van der Waals surface area contributed by atoms with E-state index in [1.54, 1.807) is 0 Å². The summed E-state index contributed by atoms with van der Waals surface area (Å²) in [5.41, 5.74) is 5.60. The summed E-state index contributed by atoms with van der Waals surface area (Å²) in [5.74, 6) is -0.130. The van der Waals surface area contributed by atoms with Gasteiger partial charge in [-0.25, -0.2) is 0 Å². The Labute approximate surface area is 168 Å². The number of halogens is 1. The van der Waals surface area contributed by atoms with Crippen molar-refractivity contribution in [1.29, 1.82) is 0 Å². The van der Waals surface area contributed by atoms with Crippen LogP contribution in [0.4, 0.5) is 5.69 Å². The molecule has 0 aliphatic carbocycles. The Hall–Kier alpha value is -3.11. The Morgan fingerprint density at radius 1 is 1.04 bits per heavy atom. The number of amides is 1. The Kier molecular flexibility index (Phi) is 4.88. The number of fused-ring (bicyclic) bond motifs is 1. The zero-order valence-electron chi connectivity index (χ0n) is 15.7. The molecular formula is C23H20ClN3O. The number of aromatic nitrogens is 2. The van der Waals surface area contributed by atoms with E-state index in [9.17, 15) is 4.79 Å². The van der Waals surface area contributed by atoms with Crippen LogP contribution in [0.1, 0.15) is 27.0 Å². The van der Waals surface area contributed by atoms with Crippen LogP contribution < -0.4 is 5.32 Å². The Morgan fingerprint density at radius 2 is 1.82 bits per heavy atom. The summed E-state index contributed by atoms with van der Waals surface area (Å²) in [5, 5.41) is 9.20. The number of nitrogens with zero attached hydrogens (tertiary/aromatic N) is 2. The van der Waals surface area contributed by atoms with Crippen LogP contribution in [0.25, 0.3) is 10.9 Å². The van der Waals surface area contributed by atoms with Gasteiger partial charge in [-0.1, -0.05) is 41.9 Å². The van der Waals surface area contributed by atoms with Crippen LogP contribution in [0.5, 0.6) is 0 Å². The first-order valence-corrected chi connectivity index (χ1v) is 9.46. The van der Waals surface area contributed by atoms with E-state index >= 15 is 0 Å². The van der Waals surface area contributed by atoms with Gasteiger partial charge in [0.1, 0.15) is 0 Å². The first-order chi connectivity index (χ1) is 13.5. The van der Waals surface area contributed by atoms with Crippen molar-refractivity contribution in [2.45, 2.75) is 20.4 Å². The zero-order valence-corrected chi connectivity index (χ0v) is 16.5. The first-order valence-electron chi connectivity index (χ1n) is 9.08. The minimum Gasteiger partial charge on any atom is -0.322 e. The second-order valence-electron chi connectivity index (χ2n) is 6.97. The van der Waals surface area contributed by atoms with Crippen LogP contribution in [0.2, 0.25) is 5.02 Å². The fourth-order valence-electron chi connectivity index (χ4n) is 3.17. The molecule has 0 bridgehead atoms. The monoisotopic (exact) mass is 389 g/mol. The number of carbonyl (C=O) groups is 1. The van der Waals surface area contributed by atoms with Gasteiger partial charge < -0.3 is 5.32 Å². The van der Waals surface area contributed by atoms with Crippen molar-refractivity contribution in [2.24, 2.45) is 0 Å². The number of nitrogens with one attached hydrogen (secondary N) is 1. The van der Waals surface area contributed by atoms with Crippen molar-refractivity contribution in [2.75, 3.05) is 5.32 Å². The highest BCUT2D eigenvalue weighted by molar-refractivity contribution is 6.30. The van der Waals surface area contributed by atoms with Crippen molar-refractivity contribution in [3.05, 3.63) is 94.1 Å². The van der Waals surface area contributed by atoms with Crippen molar-refractivity contribution in [3.63, 3.8) is 0 Å². The maximum Gasteiger partial charge on any atom is 0.255 e. The third kappa shape index (κ3) is 3.78. The van der Waals surface area contributed by atoms with Crippen molar-refractivity contribution >= 4 is 34.1 Å². The van der Waals surface area contributed by atoms with Crippen LogP contribution in [-0.4, -0.2) is 15.7 Å². The Morgan fingerprint density at radius 3 is 2.61 bits per heavy atom. The van der Waals surface area contributed by atoms with E-state index in [4.69, 9.17) is 11.6 Å². The number of rotatable bonds is 4. The molecule has 0 saturated heterocycles. The van der Waals surface area contributed by atoms with E-state index in [0.29, 0.717) is 17.1 Å². The summed E-state index contributed by atoms with van der Waals surface area (Å²) >= 11 is 5.96. The molecular weight excluding hydrogens is 370 g/mol. The maximum absolute atomic E-state index is 12.8. The molecule has 0 aliphatic heterocycles. The summed E-state index contributed by atoms with van der Waals surface area (Å²) < 4.78 is 1.90. The lowest BCUT2D eigenvalue weighted by atomic mass is 10.1. The predicted molar refractivity (Wildman–Crippen MR) is 114 cm³/mol. The van der Waals surface area contributed by atoms with Gasteiger partial charge in [-0.2, -0.15) is 5.10 Å². The van der Waals surface area contributed by atoms with E-state index < -0.39 is 0 Å². The zero-order chi connectivity index (χ0) is 19.7. The number of benzene rings is 3. The fraction of sp³-hybridized carbons (Fsp3) is 0.130. The molecule has 28 heavy (non-hydrogen) atoms. The van der Waals surface area contributed by atoms with Gasteiger partial charge in [0, 0.05) is 21.7 Å².